The zero-order chi connectivity index (χ0) is 22.6. The minimum Gasteiger partial charge on any atom is -0.424 e. The maximum atomic E-state index is 12.7. The van der Waals surface area contributed by atoms with Crippen LogP contribution in [0.4, 0.5) is 4.79 Å². The summed E-state index contributed by atoms with van der Waals surface area (Å²) in [6.45, 7) is 3.43. The van der Waals surface area contributed by atoms with Crippen LogP contribution in [0.1, 0.15) is 43.3 Å². The maximum absolute atomic E-state index is 12.7. The maximum Gasteiger partial charge on any atom is 0.321 e. The molecular formula is C27H30N4O2. The van der Waals surface area contributed by atoms with Crippen LogP contribution in [0.2, 0.25) is 0 Å². The van der Waals surface area contributed by atoms with Crippen molar-refractivity contribution in [3.05, 3.63) is 89.3 Å². The first-order valence-corrected chi connectivity index (χ1v) is 11.5. The van der Waals surface area contributed by atoms with Gasteiger partial charge in [-0.25, -0.2) is 14.8 Å². The van der Waals surface area contributed by atoms with Crippen molar-refractivity contribution in [2.75, 3.05) is 13.1 Å². The lowest BCUT2D eigenvalue weighted by Crippen LogP contribution is -2.44. The third kappa shape index (κ3) is 5.40. The molecule has 1 aromatic heterocycles. The van der Waals surface area contributed by atoms with Gasteiger partial charge in [0.1, 0.15) is 5.75 Å². The highest BCUT2D eigenvalue weighted by atomic mass is 16.5. The Morgan fingerprint density at radius 3 is 2.61 bits per heavy atom. The van der Waals surface area contributed by atoms with E-state index in [4.69, 9.17) is 4.74 Å². The van der Waals surface area contributed by atoms with Crippen molar-refractivity contribution < 1.29 is 11.0 Å². The van der Waals surface area contributed by atoms with Gasteiger partial charge in [0, 0.05) is 38.9 Å². The molecule has 1 aliphatic heterocycles. The van der Waals surface area contributed by atoms with Crippen LogP contribution in [0.15, 0.2) is 72.6 Å². The van der Waals surface area contributed by atoms with Crippen molar-refractivity contribution in [2.24, 2.45) is 0 Å². The Morgan fingerprint density at radius 1 is 1.09 bits per heavy atom. The van der Waals surface area contributed by atoms with Gasteiger partial charge in [-0.05, 0) is 55.0 Å². The topological polar surface area (TPSA) is 67.3 Å². The van der Waals surface area contributed by atoms with E-state index in [9.17, 15) is 4.79 Å². The van der Waals surface area contributed by atoms with E-state index in [2.05, 4.69) is 51.7 Å². The average molecular weight is 443 g/mol. The Labute approximate surface area is 195 Å². The van der Waals surface area contributed by atoms with E-state index < -0.39 is 0 Å². The molecule has 170 valence electrons. The summed E-state index contributed by atoms with van der Waals surface area (Å²) >= 11 is 0. The van der Waals surface area contributed by atoms with Crippen LogP contribution in [0.5, 0.6) is 11.8 Å². The van der Waals surface area contributed by atoms with Crippen molar-refractivity contribution in [3.63, 3.8) is 0 Å². The zero-order valence-electron chi connectivity index (χ0n) is 18.8. The monoisotopic (exact) mass is 442 g/mol. The number of nitrogens with zero attached hydrogens (tertiary/aromatic N) is 3. The van der Waals surface area contributed by atoms with E-state index in [-0.39, 0.29) is 13.5 Å². The summed E-state index contributed by atoms with van der Waals surface area (Å²) in [7, 11) is 0. The quantitative estimate of drug-likeness (QED) is 0.561. The summed E-state index contributed by atoms with van der Waals surface area (Å²) in [6.07, 6.45) is 8.47. The Bertz CT molecular complexity index is 1140. The van der Waals surface area contributed by atoms with E-state index >= 15 is 0 Å². The van der Waals surface area contributed by atoms with Crippen molar-refractivity contribution >= 4 is 12.1 Å². The van der Waals surface area contributed by atoms with Gasteiger partial charge in [-0.3, -0.25) is 0 Å². The Hall–Kier alpha value is -3.67. The number of aromatic nitrogens is 2. The summed E-state index contributed by atoms with van der Waals surface area (Å²) in [5, 5.41) is 3.21. The molecule has 2 aliphatic rings. The van der Waals surface area contributed by atoms with Crippen molar-refractivity contribution in [3.8, 4) is 11.8 Å². The number of urea groups is 1. The standard InChI is InChI=1S/C27H28N4O2.H2/c1-19-17-28-26(29-18-19)33-23-9-5-6-21(15-23)14-20-10-12-31(13-11-20)27(32)30-25-16-24(25)22-7-3-2-4-8-22;/h2-9,14-15,17-18,24-25H,10-13,16H2,1H3,(H,30,32);1H. The summed E-state index contributed by atoms with van der Waals surface area (Å²) in [5.74, 6) is 1.16. The highest BCUT2D eigenvalue weighted by molar-refractivity contribution is 5.75. The second-order valence-corrected chi connectivity index (χ2v) is 8.82. The van der Waals surface area contributed by atoms with Gasteiger partial charge in [0.05, 0.1) is 0 Å². The largest absolute Gasteiger partial charge is 0.424 e. The second-order valence-electron chi connectivity index (χ2n) is 8.82. The van der Waals surface area contributed by atoms with Crippen LogP contribution in [-0.2, 0) is 0 Å². The van der Waals surface area contributed by atoms with Crippen molar-refractivity contribution in [1.29, 1.82) is 0 Å². The first kappa shape index (κ1) is 21.2. The molecule has 2 heterocycles. The average Bonchev–Trinajstić information content (AvgIpc) is 3.61. The number of aryl methyl sites for hydroxylation is 1. The molecule has 2 fully saturated rings. The zero-order valence-corrected chi connectivity index (χ0v) is 18.8. The molecule has 2 unspecified atom stereocenters. The molecule has 33 heavy (non-hydrogen) atoms. The van der Waals surface area contributed by atoms with Crippen LogP contribution in [0.3, 0.4) is 0 Å². The summed E-state index contributed by atoms with van der Waals surface area (Å²) in [6, 6.07) is 19.0. The smallest absolute Gasteiger partial charge is 0.321 e. The fourth-order valence-electron chi connectivity index (χ4n) is 4.26. The number of hydrogen-bond acceptors (Lipinski definition) is 4. The third-order valence-corrected chi connectivity index (χ3v) is 6.22. The predicted octanol–water partition coefficient (Wildman–Crippen LogP) is 5.57. The van der Waals surface area contributed by atoms with Crippen LogP contribution in [-0.4, -0.2) is 40.0 Å². The van der Waals surface area contributed by atoms with Crippen LogP contribution < -0.4 is 10.1 Å². The summed E-state index contributed by atoms with van der Waals surface area (Å²) in [4.78, 5) is 23.0. The van der Waals surface area contributed by atoms with Crippen molar-refractivity contribution in [1.82, 2.24) is 20.2 Å². The molecule has 2 atom stereocenters. The SMILES string of the molecule is Cc1cnc(Oc2cccc(C=C3CCN(C(=O)NC4CC4c4ccccc4)CC3)c2)nc1.[HH]. The molecule has 1 aliphatic carbocycles. The minimum atomic E-state index is 0. The van der Waals surface area contributed by atoms with E-state index in [1.54, 1.807) is 12.4 Å². The molecule has 0 radical (unpaired) electrons. The second kappa shape index (κ2) is 9.45. The molecular weight excluding hydrogens is 412 g/mol. The lowest BCUT2D eigenvalue weighted by molar-refractivity contribution is 0.193. The highest BCUT2D eigenvalue weighted by Crippen LogP contribution is 2.40. The molecule has 0 spiro atoms. The number of amides is 2. The Morgan fingerprint density at radius 2 is 1.85 bits per heavy atom. The van der Waals surface area contributed by atoms with E-state index in [0.29, 0.717) is 17.7 Å². The number of carbonyl (C=O) groups is 1. The summed E-state index contributed by atoms with van der Waals surface area (Å²) < 4.78 is 5.78. The normalized spacial score (nSPS) is 19.7. The molecule has 0 bridgehead atoms. The molecule has 5 rings (SSSR count). The molecule has 6 heteroatoms. The number of benzene rings is 2. The predicted molar refractivity (Wildman–Crippen MR) is 130 cm³/mol. The number of ether oxygens (including phenoxy) is 1. The number of hydrogen-bond donors (Lipinski definition) is 1. The van der Waals surface area contributed by atoms with Crippen molar-refractivity contribution in [2.45, 2.75) is 38.1 Å². The molecule has 1 saturated heterocycles. The molecule has 3 aromatic rings. The van der Waals surface area contributed by atoms with Gasteiger partial charge < -0.3 is 15.0 Å². The number of likely N-dealkylation sites (tertiary alicyclic amines) is 1. The molecule has 2 aromatic carbocycles. The Kier molecular flexibility index (Phi) is 6.07. The van der Waals surface area contributed by atoms with Gasteiger partial charge in [-0.2, -0.15) is 0 Å². The van der Waals surface area contributed by atoms with Gasteiger partial charge in [-0.1, -0.05) is 54.1 Å². The molecule has 1 N–H and O–H groups in total. The van der Waals surface area contributed by atoms with E-state index in [1.165, 1.54) is 11.1 Å². The van der Waals surface area contributed by atoms with E-state index in [0.717, 1.165) is 43.5 Å². The first-order chi connectivity index (χ1) is 16.1. The minimum absolute atomic E-state index is 0. The highest BCUT2D eigenvalue weighted by Gasteiger charge is 2.40. The number of rotatable bonds is 5. The Balaban J connectivity index is 0.00000274. The fraction of sp³-hybridized carbons (Fsp3) is 0.296. The molecule has 1 saturated carbocycles. The van der Waals surface area contributed by atoms with Crippen LogP contribution >= 0.6 is 0 Å². The van der Waals surface area contributed by atoms with Gasteiger partial charge in [0.15, 0.2) is 0 Å². The van der Waals surface area contributed by atoms with Gasteiger partial charge in [0.25, 0.3) is 0 Å². The lowest BCUT2D eigenvalue weighted by Gasteiger charge is -2.28. The van der Waals surface area contributed by atoms with Crippen LogP contribution in [0.25, 0.3) is 6.08 Å². The molecule has 2 amide bonds. The molecule has 6 nitrogen and oxygen atoms in total. The number of carbonyl (C=O) groups excluding carboxylic acids is 1. The number of nitrogens with one attached hydrogen (secondary N) is 1. The van der Waals surface area contributed by atoms with Gasteiger partial charge in [-0.15, -0.1) is 0 Å². The van der Waals surface area contributed by atoms with E-state index in [1.807, 2.05) is 36.1 Å². The number of piperidine rings is 1. The van der Waals surface area contributed by atoms with Gasteiger partial charge in [0.2, 0.25) is 0 Å². The lowest BCUT2D eigenvalue weighted by atomic mass is 10.0. The summed E-state index contributed by atoms with van der Waals surface area (Å²) in [5.41, 5.74) is 4.73. The van der Waals surface area contributed by atoms with Gasteiger partial charge >= 0.3 is 12.0 Å². The van der Waals surface area contributed by atoms with Crippen LogP contribution in [0, 0.1) is 6.92 Å². The fourth-order valence-corrected chi connectivity index (χ4v) is 4.26. The first-order valence-electron chi connectivity index (χ1n) is 11.5. The third-order valence-electron chi connectivity index (χ3n) is 6.22.